The van der Waals surface area contributed by atoms with Gasteiger partial charge in [-0.3, -0.25) is 0 Å². The lowest BCUT2D eigenvalue weighted by atomic mass is 9.99. The van der Waals surface area contributed by atoms with E-state index < -0.39 is 12.1 Å². The van der Waals surface area contributed by atoms with Crippen molar-refractivity contribution in [1.82, 2.24) is 5.32 Å². The molecule has 1 aliphatic heterocycles. The van der Waals surface area contributed by atoms with Gasteiger partial charge in [0, 0.05) is 6.54 Å². The van der Waals surface area contributed by atoms with Gasteiger partial charge >= 0.3 is 12.1 Å². The molecule has 5 nitrogen and oxygen atoms in total. The number of carboxylic acids is 1. The number of nitrogens with one attached hydrogen (secondary N) is 1. The van der Waals surface area contributed by atoms with Gasteiger partial charge in [-0.1, -0.05) is 20.8 Å². The van der Waals surface area contributed by atoms with E-state index >= 15 is 0 Å². The Labute approximate surface area is 116 Å². The van der Waals surface area contributed by atoms with Gasteiger partial charge in [0.15, 0.2) is 6.29 Å². The molecule has 1 rings (SSSR count). The number of hydrogen-bond donors (Lipinski definition) is 2. The quantitative estimate of drug-likeness (QED) is 0.816. The maximum absolute atomic E-state index is 10.6. The second-order valence-corrected chi connectivity index (χ2v) is 5.66. The lowest BCUT2D eigenvalue weighted by Gasteiger charge is -2.32. The summed E-state index contributed by atoms with van der Waals surface area (Å²) < 4.78 is 42.9. The summed E-state index contributed by atoms with van der Waals surface area (Å²) in [5.41, 5.74) is 0.209. The van der Waals surface area contributed by atoms with Gasteiger partial charge in [-0.15, -0.1) is 0 Å². The largest absolute Gasteiger partial charge is 0.490 e. The molecule has 0 unspecified atom stereocenters. The lowest BCUT2D eigenvalue weighted by molar-refractivity contribution is -0.192. The van der Waals surface area contributed by atoms with Crippen molar-refractivity contribution in [3.05, 3.63) is 0 Å². The van der Waals surface area contributed by atoms with E-state index in [0.29, 0.717) is 6.04 Å². The molecule has 2 N–H and O–H groups in total. The normalized spacial score (nSPS) is 23.8. The Kier molecular flexibility index (Phi) is 7.46. The highest BCUT2D eigenvalue weighted by molar-refractivity contribution is 5.73. The van der Waals surface area contributed by atoms with Crippen molar-refractivity contribution in [3.63, 3.8) is 0 Å². The van der Waals surface area contributed by atoms with Crippen LogP contribution in [0.4, 0.5) is 13.2 Å². The van der Waals surface area contributed by atoms with Crippen LogP contribution < -0.4 is 5.32 Å². The topological polar surface area (TPSA) is 67.8 Å². The molecule has 0 aromatic carbocycles. The highest BCUT2D eigenvalue weighted by Crippen LogP contribution is 2.16. The Morgan fingerprint density at radius 3 is 2.25 bits per heavy atom. The first-order chi connectivity index (χ1) is 8.93. The van der Waals surface area contributed by atoms with Crippen molar-refractivity contribution in [2.24, 2.45) is 5.41 Å². The fourth-order valence-electron chi connectivity index (χ4n) is 1.23. The van der Waals surface area contributed by atoms with Gasteiger partial charge in [0.25, 0.3) is 0 Å². The molecular formula is C12H22F3NO4. The number of morpholine rings is 1. The van der Waals surface area contributed by atoms with Crippen molar-refractivity contribution in [1.29, 1.82) is 0 Å². The van der Waals surface area contributed by atoms with Crippen LogP contribution in [0.3, 0.4) is 0 Å². The molecule has 0 spiro atoms. The van der Waals surface area contributed by atoms with Gasteiger partial charge in [0.2, 0.25) is 0 Å². The minimum Gasteiger partial charge on any atom is -0.475 e. The summed E-state index contributed by atoms with van der Waals surface area (Å²) in [6.45, 7) is 11.0. The number of carbonyl (C=O) groups is 1. The Balaban J connectivity index is 0.000000441. The van der Waals surface area contributed by atoms with Gasteiger partial charge in [0.1, 0.15) is 0 Å². The number of carboxylic acid groups (broad SMARTS) is 1. The zero-order valence-corrected chi connectivity index (χ0v) is 12.1. The number of hydrogen-bond acceptors (Lipinski definition) is 4. The first-order valence-corrected chi connectivity index (χ1v) is 6.20. The number of halogens is 3. The fraction of sp³-hybridized carbons (Fsp3) is 0.917. The SMILES string of the molecule is C[C@@H]1NCCO[C@H]1OCC(C)(C)C.O=C(O)C(F)(F)F. The van der Waals surface area contributed by atoms with Crippen molar-refractivity contribution in [3.8, 4) is 0 Å². The van der Waals surface area contributed by atoms with Crippen LogP contribution >= 0.6 is 0 Å². The summed E-state index contributed by atoms with van der Waals surface area (Å²) in [6, 6.07) is 0.302. The van der Waals surface area contributed by atoms with E-state index in [2.05, 4.69) is 33.0 Å². The molecular weight excluding hydrogens is 279 g/mol. The molecule has 2 atom stereocenters. The highest BCUT2D eigenvalue weighted by Gasteiger charge is 2.38. The standard InChI is InChI=1S/C10H21NO2.C2HF3O2/c1-8-9(12-6-5-11-8)13-7-10(2,3)4;3-2(4,5)1(6)7/h8-9,11H,5-7H2,1-4H3;(H,6,7)/t8-,9-;/m0./s1. The van der Waals surface area contributed by atoms with Gasteiger partial charge < -0.3 is 19.9 Å². The van der Waals surface area contributed by atoms with Crippen LogP contribution in [0.25, 0.3) is 0 Å². The molecule has 0 saturated carbocycles. The maximum atomic E-state index is 10.6. The minimum atomic E-state index is -5.08. The molecule has 120 valence electrons. The number of alkyl halides is 3. The predicted molar refractivity (Wildman–Crippen MR) is 66.3 cm³/mol. The molecule has 8 heteroatoms. The lowest BCUT2D eigenvalue weighted by Crippen LogP contribution is -2.48. The molecule has 0 aromatic heterocycles. The van der Waals surface area contributed by atoms with Crippen molar-refractivity contribution in [2.75, 3.05) is 19.8 Å². The Bertz CT molecular complexity index is 302. The monoisotopic (exact) mass is 301 g/mol. The number of rotatable bonds is 2. The number of aliphatic carboxylic acids is 1. The van der Waals surface area contributed by atoms with Crippen molar-refractivity contribution >= 4 is 5.97 Å². The zero-order valence-electron chi connectivity index (χ0n) is 12.1. The van der Waals surface area contributed by atoms with Crippen molar-refractivity contribution < 1.29 is 32.5 Å². The van der Waals surface area contributed by atoms with Gasteiger partial charge in [-0.25, -0.2) is 4.79 Å². The Morgan fingerprint density at radius 1 is 1.40 bits per heavy atom. The molecule has 20 heavy (non-hydrogen) atoms. The van der Waals surface area contributed by atoms with E-state index in [1.54, 1.807) is 0 Å². The van der Waals surface area contributed by atoms with Crippen LogP contribution in [0, 0.1) is 5.41 Å². The van der Waals surface area contributed by atoms with Crippen LogP contribution in [0.5, 0.6) is 0 Å². The van der Waals surface area contributed by atoms with E-state index in [1.165, 1.54) is 0 Å². The second-order valence-electron chi connectivity index (χ2n) is 5.66. The van der Waals surface area contributed by atoms with Crippen LogP contribution in [-0.4, -0.2) is 49.3 Å². The summed E-state index contributed by atoms with van der Waals surface area (Å²) in [5, 5.41) is 10.4. The van der Waals surface area contributed by atoms with E-state index in [4.69, 9.17) is 19.4 Å². The summed E-state index contributed by atoms with van der Waals surface area (Å²) in [7, 11) is 0. The molecule has 0 amide bonds. The van der Waals surface area contributed by atoms with Crippen LogP contribution in [0.15, 0.2) is 0 Å². The zero-order chi connectivity index (χ0) is 16.0. The van der Waals surface area contributed by atoms with E-state index in [0.717, 1.165) is 19.8 Å². The molecule has 1 heterocycles. The average molecular weight is 301 g/mol. The van der Waals surface area contributed by atoms with Crippen LogP contribution in [0.2, 0.25) is 0 Å². The average Bonchev–Trinajstić information content (AvgIpc) is 2.26. The summed E-state index contributed by atoms with van der Waals surface area (Å²) in [4.78, 5) is 8.90. The van der Waals surface area contributed by atoms with E-state index in [-0.39, 0.29) is 11.7 Å². The first-order valence-electron chi connectivity index (χ1n) is 6.20. The van der Waals surface area contributed by atoms with Crippen molar-refractivity contribution in [2.45, 2.75) is 46.2 Å². The maximum Gasteiger partial charge on any atom is 0.490 e. The molecule has 0 bridgehead atoms. The Hall–Kier alpha value is -0.860. The summed E-state index contributed by atoms with van der Waals surface area (Å²) in [6.07, 6.45) is -5.16. The van der Waals surface area contributed by atoms with E-state index in [9.17, 15) is 13.2 Å². The molecule has 0 aromatic rings. The third-order valence-corrected chi connectivity index (χ3v) is 2.18. The summed E-state index contributed by atoms with van der Waals surface area (Å²) >= 11 is 0. The van der Waals surface area contributed by atoms with Crippen LogP contribution in [-0.2, 0) is 14.3 Å². The fourth-order valence-corrected chi connectivity index (χ4v) is 1.23. The second kappa shape index (κ2) is 7.80. The summed E-state index contributed by atoms with van der Waals surface area (Å²) in [5.74, 6) is -2.76. The van der Waals surface area contributed by atoms with Gasteiger partial charge in [-0.05, 0) is 12.3 Å². The van der Waals surface area contributed by atoms with Gasteiger partial charge in [0.05, 0.1) is 19.3 Å². The first kappa shape index (κ1) is 19.1. The molecule has 0 radical (unpaired) electrons. The third-order valence-electron chi connectivity index (χ3n) is 2.18. The molecule has 1 aliphatic rings. The number of ether oxygens (including phenoxy) is 2. The third kappa shape index (κ3) is 9.11. The smallest absolute Gasteiger partial charge is 0.475 e. The molecule has 0 aliphatic carbocycles. The van der Waals surface area contributed by atoms with E-state index in [1.807, 2.05) is 0 Å². The molecule has 1 saturated heterocycles. The molecule has 1 fully saturated rings. The minimum absolute atomic E-state index is 0.0759. The predicted octanol–water partition coefficient (Wildman–Crippen LogP) is 2.02. The highest BCUT2D eigenvalue weighted by atomic mass is 19.4. The Morgan fingerprint density at radius 2 is 1.90 bits per heavy atom. The van der Waals surface area contributed by atoms with Gasteiger partial charge in [-0.2, -0.15) is 13.2 Å². The van der Waals surface area contributed by atoms with Crippen LogP contribution in [0.1, 0.15) is 27.7 Å².